The van der Waals surface area contributed by atoms with Crippen LogP contribution in [0.3, 0.4) is 0 Å². The molecule has 110 valence electrons. The van der Waals surface area contributed by atoms with E-state index in [2.05, 4.69) is 10.3 Å². The molecule has 0 unspecified atom stereocenters. The summed E-state index contributed by atoms with van der Waals surface area (Å²) in [5.74, 6) is -0.385. The maximum Gasteiger partial charge on any atom is 0.339 e. The summed E-state index contributed by atoms with van der Waals surface area (Å²) in [6.07, 6.45) is 1.70. The second kappa shape index (κ2) is 6.03. The summed E-state index contributed by atoms with van der Waals surface area (Å²) in [5, 5.41) is 4.82. The van der Waals surface area contributed by atoms with Gasteiger partial charge in [0, 0.05) is 22.3 Å². The number of benzene rings is 2. The Morgan fingerprint density at radius 1 is 1.14 bits per heavy atom. The lowest BCUT2D eigenvalue weighted by atomic mass is 10.1. The number of rotatable bonds is 3. The maximum atomic E-state index is 11.8. The van der Waals surface area contributed by atoms with Crippen LogP contribution in [0.5, 0.6) is 0 Å². The van der Waals surface area contributed by atoms with Crippen molar-refractivity contribution >= 4 is 39.8 Å². The SMILES string of the molecule is COC(=O)c1ccccc1Nc1ccnc2cc(Cl)ccc12. The largest absolute Gasteiger partial charge is 0.465 e. The molecule has 2 aromatic carbocycles. The van der Waals surface area contributed by atoms with Crippen molar-refractivity contribution < 1.29 is 9.53 Å². The van der Waals surface area contributed by atoms with Gasteiger partial charge >= 0.3 is 5.97 Å². The summed E-state index contributed by atoms with van der Waals surface area (Å²) < 4.78 is 4.81. The van der Waals surface area contributed by atoms with Crippen molar-refractivity contribution in [3.63, 3.8) is 0 Å². The van der Waals surface area contributed by atoms with Crippen LogP contribution in [0.1, 0.15) is 10.4 Å². The molecular weight excluding hydrogens is 300 g/mol. The third kappa shape index (κ3) is 2.73. The van der Waals surface area contributed by atoms with Crippen molar-refractivity contribution in [2.24, 2.45) is 0 Å². The van der Waals surface area contributed by atoms with Gasteiger partial charge in [0.05, 0.1) is 23.9 Å². The van der Waals surface area contributed by atoms with Crippen LogP contribution >= 0.6 is 11.6 Å². The molecule has 1 N–H and O–H groups in total. The van der Waals surface area contributed by atoms with Crippen LogP contribution in [0.2, 0.25) is 5.02 Å². The number of ether oxygens (including phenoxy) is 1. The number of nitrogens with zero attached hydrogens (tertiary/aromatic N) is 1. The number of para-hydroxylation sites is 1. The van der Waals surface area contributed by atoms with E-state index < -0.39 is 0 Å². The van der Waals surface area contributed by atoms with Gasteiger partial charge < -0.3 is 10.1 Å². The second-order valence-electron chi connectivity index (χ2n) is 4.68. The van der Waals surface area contributed by atoms with Gasteiger partial charge in [-0.25, -0.2) is 4.79 Å². The third-order valence-corrected chi connectivity index (χ3v) is 3.54. The highest BCUT2D eigenvalue weighted by Gasteiger charge is 2.12. The molecule has 0 fully saturated rings. The van der Waals surface area contributed by atoms with Gasteiger partial charge in [0.1, 0.15) is 0 Å². The first kappa shape index (κ1) is 14.4. The van der Waals surface area contributed by atoms with Crippen LogP contribution in [-0.4, -0.2) is 18.1 Å². The van der Waals surface area contributed by atoms with Crippen molar-refractivity contribution in [1.29, 1.82) is 0 Å². The molecule has 0 radical (unpaired) electrons. The third-order valence-electron chi connectivity index (χ3n) is 3.31. The maximum absolute atomic E-state index is 11.8. The van der Waals surface area contributed by atoms with Crippen LogP contribution in [0.25, 0.3) is 10.9 Å². The smallest absolute Gasteiger partial charge is 0.339 e. The van der Waals surface area contributed by atoms with E-state index in [0.29, 0.717) is 16.3 Å². The average Bonchev–Trinajstić information content (AvgIpc) is 2.54. The highest BCUT2D eigenvalue weighted by Crippen LogP contribution is 2.28. The van der Waals surface area contributed by atoms with Gasteiger partial charge in [-0.2, -0.15) is 0 Å². The zero-order valence-electron chi connectivity index (χ0n) is 11.8. The molecule has 0 spiro atoms. The zero-order valence-corrected chi connectivity index (χ0v) is 12.6. The Balaban J connectivity index is 2.06. The van der Waals surface area contributed by atoms with E-state index in [1.165, 1.54) is 7.11 Å². The summed E-state index contributed by atoms with van der Waals surface area (Å²) in [6.45, 7) is 0. The van der Waals surface area contributed by atoms with E-state index in [1.807, 2.05) is 30.3 Å². The summed E-state index contributed by atoms with van der Waals surface area (Å²) in [6, 6.07) is 14.6. The van der Waals surface area contributed by atoms with Gasteiger partial charge in [-0.05, 0) is 36.4 Å². The van der Waals surface area contributed by atoms with E-state index >= 15 is 0 Å². The lowest BCUT2D eigenvalue weighted by Crippen LogP contribution is -2.05. The van der Waals surface area contributed by atoms with Gasteiger partial charge in [0.15, 0.2) is 0 Å². The fraction of sp³-hybridized carbons (Fsp3) is 0.0588. The van der Waals surface area contributed by atoms with Crippen LogP contribution in [0, 0.1) is 0 Å². The molecule has 0 aliphatic heterocycles. The average molecular weight is 313 g/mol. The van der Waals surface area contributed by atoms with E-state index in [-0.39, 0.29) is 5.97 Å². The van der Waals surface area contributed by atoms with Crippen LogP contribution in [-0.2, 0) is 4.74 Å². The number of hydrogen-bond acceptors (Lipinski definition) is 4. The number of hydrogen-bond donors (Lipinski definition) is 1. The minimum Gasteiger partial charge on any atom is -0.465 e. The van der Waals surface area contributed by atoms with Gasteiger partial charge in [-0.1, -0.05) is 23.7 Å². The molecule has 0 atom stereocenters. The molecule has 0 amide bonds. The second-order valence-corrected chi connectivity index (χ2v) is 5.12. The fourth-order valence-electron chi connectivity index (χ4n) is 2.26. The molecule has 1 heterocycles. The number of nitrogens with one attached hydrogen (secondary N) is 1. The lowest BCUT2D eigenvalue weighted by Gasteiger charge is -2.12. The summed E-state index contributed by atoms with van der Waals surface area (Å²) >= 11 is 6.00. The van der Waals surface area contributed by atoms with Crippen molar-refractivity contribution in [2.75, 3.05) is 12.4 Å². The Hall–Kier alpha value is -2.59. The highest BCUT2D eigenvalue weighted by molar-refractivity contribution is 6.31. The van der Waals surface area contributed by atoms with Crippen molar-refractivity contribution in [1.82, 2.24) is 4.98 Å². The Kier molecular flexibility index (Phi) is 3.94. The molecule has 5 heteroatoms. The van der Waals surface area contributed by atoms with E-state index in [0.717, 1.165) is 16.6 Å². The molecule has 0 saturated heterocycles. The summed E-state index contributed by atoms with van der Waals surface area (Å²) in [5.41, 5.74) is 2.78. The minimum atomic E-state index is -0.385. The molecule has 0 bridgehead atoms. The molecule has 0 saturated carbocycles. The van der Waals surface area contributed by atoms with Crippen molar-refractivity contribution in [2.45, 2.75) is 0 Å². The fourth-order valence-corrected chi connectivity index (χ4v) is 2.42. The number of fused-ring (bicyclic) bond motifs is 1. The molecular formula is C17H13ClN2O2. The van der Waals surface area contributed by atoms with Gasteiger partial charge in [0.2, 0.25) is 0 Å². The molecule has 4 nitrogen and oxygen atoms in total. The predicted octanol–water partition coefficient (Wildman–Crippen LogP) is 4.42. The first-order chi connectivity index (χ1) is 10.7. The minimum absolute atomic E-state index is 0.385. The first-order valence-electron chi connectivity index (χ1n) is 6.67. The van der Waals surface area contributed by atoms with Crippen LogP contribution in [0.4, 0.5) is 11.4 Å². The number of methoxy groups -OCH3 is 1. The molecule has 0 aliphatic rings. The standard InChI is InChI=1S/C17H13ClN2O2/c1-22-17(21)13-4-2-3-5-14(13)20-15-8-9-19-16-10-11(18)6-7-12(15)16/h2-10H,1H3,(H,19,20). The quantitative estimate of drug-likeness (QED) is 0.727. The zero-order chi connectivity index (χ0) is 15.5. The monoisotopic (exact) mass is 312 g/mol. The topological polar surface area (TPSA) is 51.2 Å². The number of carbonyl (C=O) groups is 1. The van der Waals surface area contributed by atoms with Gasteiger partial charge in [-0.15, -0.1) is 0 Å². The number of anilines is 2. The Morgan fingerprint density at radius 2 is 1.95 bits per heavy atom. The summed E-state index contributed by atoms with van der Waals surface area (Å²) in [4.78, 5) is 16.1. The molecule has 3 rings (SSSR count). The van der Waals surface area contributed by atoms with Crippen LogP contribution in [0.15, 0.2) is 54.7 Å². The molecule has 1 aromatic heterocycles. The molecule has 0 aliphatic carbocycles. The van der Waals surface area contributed by atoms with Crippen molar-refractivity contribution in [3.8, 4) is 0 Å². The van der Waals surface area contributed by atoms with E-state index in [9.17, 15) is 4.79 Å². The molecule has 3 aromatic rings. The number of esters is 1. The van der Waals surface area contributed by atoms with E-state index in [4.69, 9.17) is 16.3 Å². The lowest BCUT2D eigenvalue weighted by molar-refractivity contribution is 0.0602. The number of carbonyl (C=O) groups excluding carboxylic acids is 1. The Bertz CT molecular complexity index is 849. The van der Waals surface area contributed by atoms with E-state index in [1.54, 1.807) is 24.4 Å². The first-order valence-corrected chi connectivity index (χ1v) is 7.05. The van der Waals surface area contributed by atoms with Gasteiger partial charge in [-0.3, -0.25) is 4.98 Å². The number of halogens is 1. The number of pyridine rings is 1. The number of aromatic nitrogens is 1. The normalized spacial score (nSPS) is 10.5. The Labute approximate surface area is 132 Å². The van der Waals surface area contributed by atoms with Crippen molar-refractivity contribution in [3.05, 3.63) is 65.3 Å². The van der Waals surface area contributed by atoms with Crippen LogP contribution < -0.4 is 5.32 Å². The summed E-state index contributed by atoms with van der Waals surface area (Å²) in [7, 11) is 1.36. The Morgan fingerprint density at radius 3 is 2.77 bits per heavy atom. The molecule has 22 heavy (non-hydrogen) atoms. The van der Waals surface area contributed by atoms with Gasteiger partial charge in [0.25, 0.3) is 0 Å². The predicted molar refractivity (Wildman–Crippen MR) is 87.8 cm³/mol. The highest BCUT2D eigenvalue weighted by atomic mass is 35.5.